The summed E-state index contributed by atoms with van der Waals surface area (Å²) in [5.41, 5.74) is 6.09. The molecule has 0 saturated heterocycles. The first-order valence-corrected chi connectivity index (χ1v) is 6.51. The maximum absolute atomic E-state index is 6.00. The summed E-state index contributed by atoms with van der Waals surface area (Å²) in [6.45, 7) is 7.07. The Morgan fingerprint density at radius 3 is 2.89 bits per heavy atom. The van der Waals surface area contributed by atoms with Crippen molar-refractivity contribution in [2.75, 3.05) is 11.9 Å². The number of anilines is 1. The van der Waals surface area contributed by atoms with Crippen LogP contribution >= 0.6 is 0 Å². The Morgan fingerprint density at radius 1 is 1.50 bits per heavy atom. The van der Waals surface area contributed by atoms with Gasteiger partial charge in [-0.25, -0.2) is 0 Å². The maximum atomic E-state index is 6.00. The van der Waals surface area contributed by atoms with Crippen LogP contribution in [0.15, 0.2) is 12.4 Å². The molecule has 0 spiro atoms. The molecular weight excluding hydrogens is 228 g/mol. The standard InChI is InChI=1S/C13H22N4O/c1-4-5-18-12-8-15-7-11(17-12)16-10-6-9(14)13(10,2)3/h7-10H,4-6,14H2,1-3H3,(H,16,17). The fourth-order valence-corrected chi connectivity index (χ4v) is 2.08. The van der Waals surface area contributed by atoms with E-state index in [-0.39, 0.29) is 11.5 Å². The number of nitrogens with two attached hydrogens (primary N) is 1. The molecule has 1 saturated carbocycles. The number of nitrogens with one attached hydrogen (secondary N) is 1. The minimum Gasteiger partial charge on any atom is -0.477 e. The number of aromatic nitrogens is 2. The van der Waals surface area contributed by atoms with E-state index in [1.807, 2.05) is 0 Å². The van der Waals surface area contributed by atoms with Gasteiger partial charge in [0.2, 0.25) is 5.88 Å². The molecule has 2 atom stereocenters. The van der Waals surface area contributed by atoms with Crippen LogP contribution in [0.1, 0.15) is 33.6 Å². The van der Waals surface area contributed by atoms with Crippen LogP contribution in [-0.2, 0) is 0 Å². The van der Waals surface area contributed by atoms with Crippen LogP contribution in [0.2, 0.25) is 0 Å². The summed E-state index contributed by atoms with van der Waals surface area (Å²) in [5, 5.41) is 3.38. The molecule has 0 aromatic carbocycles. The van der Waals surface area contributed by atoms with Gasteiger partial charge in [-0.2, -0.15) is 4.98 Å². The van der Waals surface area contributed by atoms with E-state index in [0.29, 0.717) is 18.5 Å². The Hall–Kier alpha value is -1.36. The average molecular weight is 250 g/mol. The van der Waals surface area contributed by atoms with E-state index in [2.05, 4.69) is 36.1 Å². The molecule has 1 fully saturated rings. The van der Waals surface area contributed by atoms with Crippen molar-refractivity contribution in [1.82, 2.24) is 9.97 Å². The zero-order valence-electron chi connectivity index (χ0n) is 11.3. The number of hydrogen-bond donors (Lipinski definition) is 2. The maximum Gasteiger partial charge on any atom is 0.234 e. The molecule has 0 amide bonds. The molecule has 0 aliphatic heterocycles. The number of rotatable bonds is 5. The van der Waals surface area contributed by atoms with E-state index < -0.39 is 0 Å². The molecule has 18 heavy (non-hydrogen) atoms. The lowest BCUT2D eigenvalue weighted by Gasteiger charge is -2.50. The Kier molecular flexibility index (Phi) is 3.71. The van der Waals surface area contributed by atoms with E-state index in [1.54, 1.807) is 12.4 Å². The van der Waals surface area contributed by atoms with Gasteiger partial charge in [0.15, 0.2) is 0 Å². The van der Waals surface area contributed by atoms with Crippen molar-refractivity contribution >= 4 is 5.82 Å². The van der Waals surface area contributed by atoms with E-state index in [4.69, 9.17) is 10.5 Å². The topological polar surface area (TPSA) is 73.1 Å². The third-order valence-electron chi connectivity index (χ3n) is 3.73. The monoisotopic (exact) mass is 250 g/mol. The summed E-state index contributed by atoms with van der Waals surface area (Å²) in [4.78, 5) is 8.52. The van der Waals surface area contributed by atoms with Crippen molar-refractivity contribution in [3.8, 4) is 5.88 Å². The highest BCUT2D eigenvalue weighted by atomic mass is 16.5. The molecule has 0 radical (unpaired) electrons. The highest BCUT2D eigenvalue weighted by molar-refractivity contribution is 5.37. The van der Waals surface area contributed by atoms with E-state index in [1.165, 1.54) is 0 Å². The van der Waals surface area contributed by atoms with Gasteiger partial charge < -0.3 is 15.8 Å². The summed E-state index contributed by atoms with van der Waals surface area (Å²) in [7, 11) is 0. The van der Waals surface area contributed by atoms with Gasteiger partial charge in [-0.1, -0.05) is 20.8 Å². The Bertz CT molecular complexity index is 408. The van der Waals surface area contributed by atoms with Crippen LogP contribution in [0.3, 0.4) is 0 Å². The molecule has 0 bridgehead atoms. The number of nitrogens with zero attached hydrogens (tertiary/aromatic N) is 2. The summed E-state index contributed by atoms with van der Waals surface area (Å²) in [6, 6.07) is 0.603. The van der Waals surface area contributed by atoms with Gasteiger partial charge in [-0.05, 0) is 12.8 Å². The second kappa shape index (κ2) is 5.10. The van der Waals surface area contributed by atoms with Gasteiger partial charge >= 0.3 is 0 Å². The van der Waals surface area contributed by atoms with Gasteiger partial charge in [0.1, 0.15) is 5.82 Å². The Balaban J connectivity index is 1.98. The predicted octanol–water partition coefficient (Wildman–Crippen LogP) is 1.80. The molecule has 1 aromatic heterocycles. The normalized spacial score (nSPS) is 25.3. The fourth-order valence-electron chi connectivity index (χ4n) is 2.08. The minimum absolute atomic E-state index is 0.0992. The van der Waals surface area contributed by atoms with Crippen LogP contribution in [0.5, 0.6) is 5.88 Å². The molecule has 1 aromatic rings. The lowest BCUT2D eigenvalue weighted by Crippen LogP contribution is -2.61. The zero-order chi connectivity index (χ0) is 13.2. The zero-order valence-corrected chi connectivity index (χ0v) is 11.3. The van der Waals surface area contributed by atoms with Crippen LogP contribution in [-0.4, -0.2) is 28.7 Å². The summed E-state index contributed by atoms with van der Waals surface area (Å²) < 4.78 is 5.46. The molecule has 5 heteroatoms. The Morgan fingerprint density at radius 2 is 2.28 bits per heavy atom. The Labute approximate surface area is 108 Å². The SMILES string of the molecule is CCCOc1cncc(NC2CC(N)C2(C)C)n1. The highest BCUT2D eigenvalue weighted by Crippen LogP contribution is 2.40. The second-order valence-corrected chi connectivity index (χ2v) is 5.45. The van der Waals surface area contributed by atoms with E-state index >= 15 is 0 Å². The molecule has 1 heterocycles. The van der Waals surface area contributed by atoms with Gasteiger partial charge in [0, 0.05) is 17.5 Å². The predicted molar refractivity (Wildman–Crippen MR) is 71.6 cm³/mol. The molecule has 5 nitrogen and oxygen atoms in total. The smallest absolute Gasteiger partial charge is 0.234 e. The van der Waals surface area contributed by atoms with Crippen LogP contribution < -0.4 is 15.8 Å². The van der Waals surface area contributed by atoms with Crippen LogP contribution in [0.4, 0.5) is 5.82 Å². The molecule has 1 aliphatic carbocycles. The van der Waals surface area contributed by atoms with E-state index in [9.17, 15) is 0 Å². The quantitative estimate of drug-likeness (QED) is 0.833. The minimum atomic E-state index is 0.0992. The molecular formula is C13H22N4O. The van der Waals surface area contributed by atoms with E-state index in [0.717, 1.165) is 18.7 Å². The molecule has 1 aliphatic rings. The lowest BCUT2D eigenvalue weighted by molar-refractivity contribution is 0.117. The van der Waals surface area contributed by atoms with Crippen molar-refractivity contribution in [3.63, 3.8) is 0 Å². The van der Waals surface area contributed by atoms with Crippen molar-refractivity contribution < 1.29 is 4.74 Å². The first-order chi connectivity index (χ1) is 8.54. The molecule has 2 unspecified atom stereocenters. The second-order valence-electron chi connectivity index (χ2n) is 5.45. The van der Waals surface area contributed by atoms with Crippen LogP contribution in [0, 0.1) is 5.41 Å². The summed E-state index contributed by atoms with van der Waals surface area (Å²) in [6.07, 6.45) is 5.29. The van der Waals surface area contributed by atoms with Crippen LogP contribution in [0.25, 0.3) is 0 Å². The van der Waals surface area contributed by atoms with Crippen molar-refractivity contribution in [2.24, 2.45) is 11.1 Å². The van der Waals surface area contributed by atoms with Gasteiger partial charge in [0.25, 0.3) is 0 Å². The fraction of sp³-hybridized carbons (Fsp3) is 0.692. The van der Waals surface area contributed by atoms with Gasteiger partial charge in [-0.15, -0.1) is 0 Å². The third kappa shape index (κ3) is 2.56. The van der Waals surface area contributed by atoms with Crippen molar-refractivity contribution in [3.05, 3.63) is 12.4 Å². The first-order valence-electron chi connectivity index (χ1n) is 6.51. The number of ether oxygens (including phenoxy) is 1. The third-order valence-corrected chi connectivity index (χ3v) is 3.73. The lowest BCUT2D eigenvalue weighted by atomic mass is 9.63. The molecule has 3 N–H and O–H groups in total. The van der Waals surface area contributed by atoms with Crippen molar-refractivity contribution in [2.45, 2.75) is 45.7 Å². The van der Waals surface area contributed by atoms with Crippen molar-refractivity contribution in [1.29, 1.82) is 0 Å². The van der Waals surface area contributed by atoms with Gasteiger partial charge in [-0.3, -0.25) is 4.98 Å². The highest BCUT2D eigenvalue weighted by Gasteiger charge is 2.46. The first kappa shape index (κ1) is 13.1. The largest absolute Gasteiger partial charge is 0.477 e. The average Bonchev–Trinajstić information content (AvgIpc) is 2.36. The number of hydrogen-bond acceptors (Lipinski definition) is 5. The summed E-state index contributed by atoms with van der Waals surface area (Å²) >= 11 is 0. The summed E-state index contributed by atoms with van der Waals surface area (Å²) in [5.74, 6) is 1.33. The molecule has 100 valence electrons. The molecule has 2 rings (SSSR count). The van der Waals surface area contributed by atoms with Gasteiger partial charge in [0.05, 0.1) is 19.0 Å².